The minimum Gasteiger partial charge on any atom is -0.466 e. The zero-order valence-corrected chi connectivity index (χ0v) is 6.74. The average Bonchev–Trinajstić information content (AvgIpc) is 2.08. The number of carbonyl (C=O) groups excluding carboxylic acids is 2. The largest absolute Gasteiger partial charge is 0.466 e. The highest BCUT2D eigenvalue weighted by molar-refractivity contribution is 6.01. The van der Waals surface area contributed by atoms with E-state index in [1.807, 2.05) is 0 Å². The van der Waals surface area contributed by atoms with Crippen molar-refractivity contribution in [3.05, 3.63) is 11.6 Å². The van der Waals surface area contributed by atoms with Crippen molar-refractivity contribution in [2.45, 2.75) is 18.9 Å². The molecule has 1 aliphatic carbocycles. The van der Waals surface area contributed by atoms with Gasteiger partial charge in [0.1, 0.15) is 0 Å². The Morgan fingerprint density at radius 3 is 3.00 bits per heavy atom. The van der Waals surface area contributed by atoms with Crippen molar-refractivity contribution in [1.82, 2.24) is 0 Å². The zero-order valence-electron chi connectivity index (χ0n) is 6.74. The Balaban J connectivity index is 2.84. The van der Waals surface area contributed by atoms with Crippen LogP contribution >= 0.6 is 0 Å². The maximum Gasteiger partial charge on any atom is 0.336 e. The van der Waals surface area contributed by atoms with Crippen molar-refractivity contribution < 1.29 is 19.4 Å². The van der Waals surface area contributed by atoms with Crippen LogP contribution in [0.2, 0.25) is 0 Å². The summed E-state index contributed by atoms with van der Waals surface area (Å²) in [6, 6.07) is 0. The van der Waals surface area contributed by atoms with Crippen LogP contribution in [0.5, 0.6) is 0 Å². The van der Waals surface area contributed by atoms with Crippen LogP contribution in [0.15, 0.2) is 11.6 Å². The fraction of sp³-hybridized carbons (Fsp3) is 0.500. The van der Waals surface area contributed by atoms with E-state index in [1.54, 1.807) is 0 Å². The predicted octanol–water partition coefficient (Wildman–Crippen LogP) is -0.190. The third kappa shape index (κ3) is 1.71. The molecule has 4 heteroatoms. The molecular formula is C8H10O4. The highest BCUT2D eigenvalue weighted by Crippen LogP contribution is 2.16. The molecule has 0 radical (unpaired) electrons. The number of carbonyl (C=O) groups is 2. The summed E-state index contributed by atoms with van der Waals surface area (Å²) in [6.07, 6.45) is 0.900. The van der Waals surface area contributed by atoms with E-state index in [9.17, 15) is 14.7 Å². The van der Waals surface area contributed by atoms with Crippen LogP contribution in [0.1, 0.15) is 12.8 Å². The Labute approximate surface area is 69.8 Å². The van der Waals surface area contributed by atoms with E-state index >= 15 is 0 Å². The van der Waals surface area contributed by atoms with Gasteiger partial charge in [0.05, 0.1) is 18.8 Å². The van der Waals surface area contributed by atoms with Crippen LogP contribution in [-0.4, -0.2) is 30.1 Å². The van der Waals surface area contributed by atoms with Crippen LogP contribution < -0.4 is 0 Å². The number of allylic oxidation sites excluding steroid dienone is 1. The van der Waals surface area contributed by atoms with Crippen molar-refractivity contribution in [2.24, 2.45) is 0 Å². The first-order chi connectivity index (χ1) is 5.65. The molecule has 0 saturated carbocycles. The molecule has 0 aromatic rings. The van der Waals surface area contributed by atoms with Crippen molar-refractivity contribution in [1.29, 1.82) is 0 Å². The molecule has 0 aromatic carbocycles. The Morgan fingerprint density at radius 1 is 1.75 bits per heavy atom. The number of hydrogen-bond acceptors (Lipinski definition) is 4. The Bertz CT molecular complexity index is 241. The zero-order chi connectivity index (χ0) is 9.14. The third-order valence-corrected chi connectivity index (χ3v) is 1.76. The lowest BCUT2D eigenvalue weighted by Gasteiger charge is -2.16. The van der Waals surface area contributed by atoms with Crippen molar-refractivity contribution in [3.63, 3.8) is 0 Å². The minimum atomic E-state index is -0.852. The van der Waals surface area contributed by atoms with Gasteiger partial charge in [0.25, 0.3) is 0 Å². The summed E-state index contributed by atoms with van der Waals surface area (Å²) in [5.74, 6) is -0.767. The van der Waals surface area contributed by atoms with E-state index in [2.05, 4.69) is 4.74 Å². The van der Waals surface area contributed by atoms with Gasteiger partial charge in [-0.2, -0.15) is 0 Å². The molecule has 0 bridgehead atoms. The smallest absolute Gasteiger partial charge is 0.336 e. The lowest BCUT2D eigenvalue weighted by molar-refractivity contribution is -0.138. The van der Waals surface area contributed by atoms with Crippen LogP contribution in [0.4, 0.5) is 0 Å². The third-order valence-electron chi connectivity index (χ3n) is 1.76. The van der Waals surface area contributed by atoms with Crippen LogP contribution in [0.3, 0.4) is 0 Å². The van der Waals surface area contributed by atoms with Gasteiger partial charge in [0, 0.05) is 6.42 Å². The Morgan fingerprint density at radius 2 is 2.42 bits per heavy atom. The maximum atomic E-state index is 10.9. The van der Waals surface area contributed by atoms with Gasteiger partial charge in [-0.3, -0.25) is 4.79 Å². The molecule has 1 aliphatic rings. The number of esters is 1. The molecule has 0 unspecified atom stereocenters. The van der Waals surface area contributed by atoms with E-state index in [0.717, 1.165) is 6.08 Å². The second kappa shape index (κ2) is 3.49. The summed E-state index contributed by atoms with van der Waals surface area (Å²) in [7, 11) is 1.22. The Kier molecular flexibility index (Phi) is 2.60. The van der Waals surface area contributed by atoms with E-state index in [4.69, 9.17) is 0 Å². The molecule has 0 spiro atoms. The Hall–Kier alpha value is -1.16. The number of hydrogen-bond donors (Lipinski definition) is 1. The van der Waals surface area contributed by atoms with Gasteiger partial charge in [-0.15, -0.1) is 0 Å². The van der Waals surface area contributed by atoms with E-state index in [-0.39, 0.29) is 11.4 Å². The quantitative estimate of drug-likeness (QED) is 0.554. The first kappa shape index (κ1) is 8.93. The molecule has 4 nitrogen and oxygen atoms in total. The highest BCUT2D eigenvalue weighted by atomic mass is 16.5. The molecular weight excluding hydrogens is 160 g/mol. The summed E-state index contributed by atoms with van der Waals surface area (Å²) >= 11 is 0. The van der Waals surface area contributed by atoms with Gasteiger partial charge >= 0.3 is 5.97 Å². The predicted molar refractivity (Wildman–Crippen MR) is 40.3 cm³/mol. The van der Waals surface area contributed by atoms with Gasteiger partial charge in [0.15, 0.2) is 5.78 Å². The standard InChI is InChI=1S/C8H10O4/c1-12-8(11)6-4-5(9)2-3-7(6)10/h4,7,10H,2-3H2,1H3/t7-/m0/s1. The van der Waals surface area contributed by atoms with Crippen LogP contribution in [0, 0.1) is 0 Å². The normalized spacial score (nSPS) is 23.3. The summed E-state index contributed by atoms with van der Waals surface area (Å²) < 4.78 is 4.39. The lowest BCUT2D eigenvalue weighted by atomic mass is 9.96. The maximum absolute atomic E-state index is 10.9. The number of ether oxygens (including phenoxy) is 1. The SMILES string of the molecule is COC(=O)C1=CC(=O)CC[C@@H]1O. The number of rotatable bonds is 1. The molecule has 0 fully saturated rings. The fourth-order valence-corrected chi connectivity index (χ4v) is 1.09. The number of methoxy groups -OCH3 is 1. The van der Waals surface area contributed by atoms with Gasteiger partial charge in [-0.05, 0) is 12.5 Å². The second-order valence-corrected chi connectivity index (χ2v) is 2.61. The number of ketones is 1. The first-order valence-electron chi connectivity index (χ1n) is 3.66. The summed E-state index contributed by atoms with van der Waals surface area (Å²) in [6.45, 7) is 0. The first-order valence-corrected chi connectivity index (χ1v) is 3.66. The van der Waals surface area contributed by atoms with E-state index in [1.165, 1.54) is 7.11 Å². The molecule has 0 amide bonds. The molecule has 0 aromatic heterocycles. The monoisotopic (exact) mass is 170 g/mol. The fourth-order valence-electron chi connectivity index (χ4n) is 1.09. The molecule has 0 heterocycles. The van der Waals surface area contributed by atoms with Gasteiger partial charge in [-0.1, -0.05) is 0 Å². The van der Waals surface area contributed by atoms with Gasteiger partial charge in [0.2, 0.25) is 0 Å². The summed E-state index contributed by atoms with van der Waals surface area (Å²) in [5.41, 5.74) is 0.0637. The molecule has 1 atom stereocenters. The average molecular weight is 170 g/mol. The second-order valence-electron chi connectivity index (χ2n) is 2.61. The summed E-state index contributed by atoms with van der Waals surface area (Å²) in [5, 5.41) is 9.27. The van der Waals surface area contributed by atoms with Crippen LogP contribution in [0.25, 0.3) is 0 Å². The lowest BCUT2D eigenvalue weighted by Crippen LogP contribution is -2.24. The number of aliphatic hydroxyl groups is 1. The van der Waals surface area contributed by atoms with Crippen molar-refractivity contribution >= 4 is 11.8 Å². The molecule has 0 aliphatic heterocycles. The van der Waals surface area contributed by atoms with Crippen molar-refractivity contribution in [2.75, 3.05) is 7.11 Å². The molecule has 66 valence electrons. The van der Waals surface area contributed by atoms with Gasteiger partial charge in [-0.25, -0.2) is 4.79 Å². The topological polar surface area (TPSA) is 63.6 Å². The number of aliphatic hydroxyl groups excluding tert-OH is 1. The minimum absolute atomic E-state index is 0.0637. The van der Waals surface area contributed by atoms with E-state index < -0.39 is 12.1 Å². The molecule has 1 rings (SSSR count). The molecule has 1 N–H and O–H groups in total. The summed E-state index contributed by atoms with van der Waals surface area (Å²) in [4.78, 5) is 21.8. The van der Waals surface area contributed by atoms with Gasteiger partial charge < -0.3 is 9.84 Å². The molecule has 12 heavy (non-hydrogen) atoms. The van der Waals surface area contributed by atoms with Crippen LogP contribution in [-0.2, 0) is 14.3 Å². The van der Waals surface area contributed by atoms with E-state index in [0.29, 0.717) is 12.8 Å². The van der Waals surface area contributed by atoms with Crippen molar-refractivity contribution in [3.8, 4) is 0 Å². The molecule has 0 saturated heterocycles. The highest BCUT2D eigenvalue weighted by Gasteiger charge is 2.24.